The van der Waals surface area contributed by atoms with Gasteiger partial charge in [-0.05, 0) is 24.3 Å². The zero-order chi connectivity index (χ0) is 17.8. The topological polar surface area (TPSA) is 17.8 Å². The van der Waals surface area contributed by atoms with Gasteiger partial charge in [-0.2, -0.15) is 0 Å². The largest absolute Gasteiger partial charge is 0.308 e. The van der Waals surface area contributed by atoms with Crippen molar-refractivity contribution < 1.29 is 0 Å². The van der Waals surface area contributed by atoms with Crippen molar-refractivity contribution in [2.45, 2.75) is 0 Å². The van der Waals surface area contributed by atoms with E-state index in [9.17, 15) is 0 Å². The summed E-state index contributed by atoms with van der Waals surface area (Å²) in [6.45, 7) is 0. The highest BCUT2D eigenvalue weighted by Gasteiger charge is 2.16. The Morgan fingerprint density at radius 1 is 0.444 bits per heavy atom. The van der Waals surface area contributed by atoms with E-state index in [0.29, 0.717) is 0 Å². The zero-order valence-corrected chi connectivity index (χ0v) is 14.6. The van der Waals surface area contributed by atoms with Gasteiger partial charge in [0.1, 0.15) is 0 Å². The maximum atomic E-state index is 4.90. The quantitative estimate of drug-likeness (QED) is 0.312. The molecule has 0 radical (unpaired) electrons. The lowest BCUT2D eigenvalue weighted by atomic mass is 10.1. The van der Waals surface area contributed by atoms with Crippen molar-refractivity contribution in [2.24, 2.45) is 0 Å². The number of fused-ring (bicyclic) bond motifs is 5. The summed E-state index contributed by atoms with van der Waals surface area (Å²) in [5, 5.41) is 4.89. The molecule has 2 heterocycles. The molecule has 0 amide bonds. The summed E-state index contributed by atoms with van der Waals surface area (Å²) in [7, 11) is 0. The Kier molecular flexibility index (Phi) is 2.91. The SMILES string of the molecule is c1ccc2c(-n3c4ccccc4c4ccccc43)c3ccccc3nc2c1. The second-order valence-electron chi connectivity index (χ2n) is 6.86. The van der Waals surface area contributed by atoms with E-state index in [1.54, 1.807) is 0 Å². The predicted molar refractivity (Wildman–Crippen MR) is 114 cm³/mol. The van der Waals surface area contributed by atoms with Crippen LogP contribution in [0.2, 0.25) is 0 Å². The number of hydrogen-bond acceptors (Lipinski definition) is 1. The van der Waals surface area contributed by atoms with Crippen LogP contribution in [0.4, 0.5) is 0 Å². The van der Waals surface area contributed by atoms with E-state index >= 15 is 0 Å². The van der Waals surface area contributed by atoms with Gasteiger partial charge in [0.25, 0.3) is 0 Å². The standard InChI is InChI=1S/C25H16N2/c1-5-13-21-19(11-1)25(20-12-2-6-14-22(20)26-21)27-23-15-7-3-9-17(23)18-10-4-8-16-24(18)27/h1-16H. The fraction of sp³-hybridized carbons (Fsp3) is 0. The molecule has 2 aromatic heterocycles. The van der Waals surface area contributed by atoms with Crippen molar-refractivity contribution in [2.75, 3.05) is 0 Å². The lowest BCUT2D eigenvalue weighted by Crippen LogP contribution is -1.98. The molecule has 0 aliphatic rings. The zero-order valence-electron chi connectivity index (χ0n) is 14.6. The highest BCUT2D eigenvalue weighted by atomic mass is 15.0. The third-order valence-corrected chi connectivity index (χ3v) is 5.36. The molecule has 6 rings (SSSR count). The van der Waals surface area contributed by atoms with E-state index in [4.69, 9.17) is 4.98 Å². The Balaban J connectivity index is 1.94. The van der Waals surface area contributed by atoms with E-state index in [1.165, 1.54) is 38.3 Å². The first-order valence-electron chi connectivity index (χ1n) is 9.18. The molecule has 0 saturated carbocycles. The molecular weight excluding hydrogens is 328 g/mol. The fourth-order valence-electron chi connectivity index (χ4n) is 4.22. The summed E-state index contributed by atoms with van der Waals surface area (Å²) in [6, 6.07) is 34.1. The van der Waals surface area contributed by atoms with Crippen molar-refractivity contribution >= 4 is 43.6 Å². The van der Waals surface area contributed by atoms with Crippen molar-refractivity contribution in [3.8, 4) is 5.69 Å². The van der Waals surface area contributed by atoms with E-state index in [2.05, 4.69) is 102 Å². The molecule has 0 unspecified atom stereocenters. The Labute approximate surface area is 156 Å². The Hall–Kier alpha value is -3.65. The lowest BCUT2D eigenvalue weighted by Gasteiger charge is -2.14. The number of aromatic nitrogens is 2. The summed E-state index contributed by atoms with van der Waals surface area (Å²) in [4.78, 5) is 4.90. The van der Waals surface area contributed by atoms with E-state index in [-0.39, 0.29) is 0 Å². The van der Waals surface area contributed by atoms with Crippen LogP contribution in [0.5, 0.6) is 0 Å². The van der Waals surface area contributed by atoms with Crippen LogP contribution >= 0.6 is 0 Å². The number of pyridine rings is 1. The minimum atomic E-state index is 1.02. The van der Waals surface area contributed by atoms with Crippen LogP contribution in [0.25, 0.3) is 49.3 Å². The second-order valence-corrected chi connectivity index (χ2v) is 6.86. The fourth-order valence-corrected chi connectivity index (χ4v) is 4.22. The average molecular weight is 344 g/mol. The van der Waals surface area contributed by atoms with Crippen LogP contribution in [0, 0.1) is 0 Å². The van der Waals surface area contributed by atoms with E-state index < -0.39 is 0 Å². The molecule has 2 nitrogen and oxygen atoms in total. The maximum absolute atomic E-state index is 4.90. The smallest absolute Gasteiger partial charge is 0.0730 e. The number of hydrogen-bond donors (Lipinski definition) is 0. The van der Waals surface area contributed by atoms with Gasteiger partial charge in [-0.1, -0.05) is 72.8 Å². The molecule has 0 fully saturated rings. The van der Waals surface area contributed by atoms with Gasteiger partial charge in [0, 0.05) is 21.5 Å². The molecule has 27 heavy (non-hydrogen) atoms. The molecule has 126 valence electrons. The van der Waals surface area contributed by atoms with Crippen LogP contribution < -0.4 is 0 Å². The molecule has 2 heteroatoms. The Morgan fingerprint density at radius 2 is 0.852 bits per heavy atom. The van der Waals surface area contributed by atoms with Crippen LogP contribution in [-0.2, 0) is 0 Å². The first kappa shape index (κ1) is 14.5. The Morgan fingerprint density at radius 3 is 1.37 bits per heavy atom. The van der Waals surface area contributed by atoms with Crippen molar-refractivity contribution in [3.05, 3.63) is 97.1 Å². The molecule has 0 N–H and O–H groups in total. The highest BCUT2D eigenvalue weighted by Crippen LogP contribution is 2.37. The number of nitrogens with zero attached hydrogens (tertiary/aromatic N) is 2. The van der Waals surface area contributed by atoms with Crippen LogP contribution in [-0.4, -0.2) is 9.55 Å². The van der Waals surface area contributed by atoms with Crippen LogP contribution in [0.15, 0.2) is 97.1 Å². The van der Waals surface area contributed by atoms with Gasteiger partial charge in [0.2, 0.25) is 0 Å². The first-order valence-corrected chi connectivity index (χ1v) is 9.18. The summed E-state index contributed by atoms with van der Waals surface area (Å²) in [5.74, 6) is 0. The number of rotatable bonds is 1. The molecule has 0 aliphatic heterocycles. The van der Waals surface area contributed by atoms with Gasteiger partial charge >= 0.3 is 0 Å². The molecule has 0 saturated heterocycles. The third-order valence-electron chi connectivity index (χ3n) is 5.36. The summed E-state index contributed by atoms with van der Waals surface area (Å²) >= 11 is 0. The maximum Gasteiger partial charge on any atom is 0.0730 e. The number of para-hydroxylation sites is 4. The van der Waals surface area contributed by atoms with Gasteiger partial charge in [-0.15, -0.1) is 0 Å². The Bertz CT molecular complexity index is 1370. The van der Waals surface area contributed by atoms with Crippen molar-refractivity contribution in [3.63, 3.8) is 0 Å². The molecule has 4 aromatic carbocycles. The number of benzene rings is 4. The normalized spacial score (nSPS) is 11.7. The van der Waals surface area contributed by atoms with Gasteiger partial charge in [0.05, 0.1) is 27.8 Å². The predicted octanol–water partition coefficient (Wildman–Crippen LogP) is 6.49. The van der Waals surface area contributed by atoms with Crippen LogP contribution in [0.3, 0.4) is 0 Å². The molecule has 6 aromatic rings. The van der Waals surface area contributed by atoms with Gasteiger partial charge < -0.3 is 4.57 Å². The summed E-state index contributed by atoms with van der Waals surface area (Å²) in [6.07, 6.45) is 0. The molecule has 0 bridgehead atoms. The van der Waals surface area contributed by atoms with Gasteiger partial charge in [-0.25, -0.2) is 4.98 Å². The van der Waals surface area contributed by atoms with Gasteiger partial charge in [0.15, 0.2) is 0 Å². The van der Waals surface area contributed by atoms with Crippen molar-refractivity contribution in [1.82, 2.24) is 9.55 Å². The lowest BCUT2D eigenvalue weighted by molar-refractivity contribution is 1.21. The third kappa shape index (κ3) is 1.98. The van der Waals surface area contributed by atoms with E-state index in [1.807, 2.05) is 0 Å². The molecular formula is C25H16N2. The first-order chi connectivity index (χ1) is 13.4. The van der Waals surface area contributed by atoms with Crippen molar-refractivity contribution in [1.29, 1.82) is 0 Å². The summed E-state index contributed by atoms with van der Waals surface area (Å²) in [5.41, 5.74) is 5.69. The molecule has 0 aliphatic carbocycles. The minimum absolute atomic E-state index is 1.02. The summed E-state index contributed by atoms with van der Waals surface area (Å²) < 4.78 is 2.40. The second kappa shape index (κ2) is 5.42. The molecule has 0 atom stereocenters. The monoisotopic (exact) mass is 344 g/mol. The average Bonchev–Trinajstić information content (AvgIpc) is 3.06. The highest BCUT2D eigenvalue weighted by molar-refractivity contribution is 6.13. The van der Waals surface area contributed by atoms with Crippen LogP contribution in [0.1, 0.15) is 0 Å². The minimum Gasteiger partial charge on any atom is -0.308 e. The molecule has 0 spiro atoms. The van der Waals surface area contributed by atoms with Gasteiger partial charge in [-0.3, -0.25) is 0 Å². The van der Waals surface area contributed by atoms with E-state index in [0.717, 1.165) is 11.0 Å².